The summed E-state index contributed by atoms with van der Waals surface area (Å²) in [6.45, 7) is 3.45. The number of carboxylic acids is 1. The normalized spacial score (nSPS) is 15.4. The van der Waals surface area contributed by atoms with Crippen molar-refractivity contribution >= 4 is 52.4 Å². The lowest BCUT2D eigenvalue weighted by atomic mass is 9.90. The van der Waals surface area contributed by atoms with Crippen LogP contribution in [0.3, 0.4) is 0 Å². The Morgan fingerprint density at radius 2 is 1.64 bits per heavy atom. The van der Waals surface area contributed by atoms with E-state index in [4.69, 9.17) is 27.4 Å². The van der Waals surface area contributed by atoms with Gasteiger partial charge in [0, 0.05) is 21.4 Å². The van der Waals surface area contributed by atoms with Gasteiger partial charge in [0.15, 0.2) is 0 Å². The summed E-state index contributed by atoms with van der Waals surface area (Å²) >= 11 is 8.04. The summed E-state index contributed by atoms with van der Waals surface area (Å²) < 4.78 is 0. The van der Waals surface area contributed by atoms with Gasteiger partial charge >= 0.3 is 5.97 Å². The molecule has 6 N–H and O–H groups in total. The second kappa shape index (κ2) is 18.3. The highest BCUT2D eigenvalue weighted by atomic mass is 35.5. The Morgan fingerprint density at radius 3 is 2.34 bits per heavy atom. The van der Waals surface area contributed by atoms with Crippen LogP contribution in [0.4, 0.5) is 0 Å². The van der Waals surface area contributed by atoms with Crippen LogP contribution in [0.5, 0.6) is 0 Å². The number of aliphatic hydroxyl groups excluding tert-OH is 2. The number of aliphatic carboxylic acids is 1. The molecule has 1 aromatic heterocycles. The SMILES string of the molecule is CC(C)(O)c1ccccc1CC[C@@H](SCC1(CC(=O)O)CC1)c1cccc(/C=C/c2ccc3ccc(Cl)cc3n2)c1.N[C@H](CO)[C@H](O)c1ccccc1. The number of hydrogen-bond donors (Lipinski definition) is 5. The van der Waals surface area contributed by atoms with Crippen LogP contribution in [0.25, 0.3) is 23.1 Å². The zero-order valence-corrected chi connectivity index (χ0v) is 31.8. The van der Waals surface area contributed by atoms with E-state index in [-0.39, 0.29) is 23.7 Å². The first-order chi connectivity index (χ1) is 25.4. The van der Waals surface area contributed by atoms with E-state index >= 15 is 0 Å². The van der Waals surface area contributed by atoms with Gasteiger partial charge in [0.1, 0.15) is 0 Å². The lowest BCUT2D eigenvalue weighted by Crippen LogP contribution is -2.31. The van der Waals surface area contributed by atoms with Crippen LogP contribution < -0.4 is 5.73 Å². The molecule has 0 bridgehead atoms. The molecule has 9 heteroatoms. The number of rotatable bonds is 15. The van der Waals surface area contributed by atoms with Crippen molar-refractivity contribution in [2.75, 3.05) is 12.4 Å². The van der Waals surface area contributed by atoms with E-state index in [0.29, 0.717) is 5.02 Å². The van der Waals surface area contributed by atoms with E-state index in [1.807, 2.05) is 92.3 Å². The Balaban J connectivity index is 0.000000384. The maximum absolute atomic E-state index is 11.5. The third-order valence-electron chi connectivity index (χ3n) is 9.59. The third kappa shape index (κ3) is 11.7. The second-order valence-corrected chi connectivity index (χ2v) is 16.0. The van der Waals surface area contributed by atoms with E-state index < -0.39 is 23.7 Å². The molecule has 0 spiro atoms. The van der Waals surface area contributed by atoms with E-state index in [0.717, 1.165) is 70.3 Å². The number of pyridine rings is 1. The molecule has 5 aromatic rings. The number of aromatic nitrogens is 1. The molecule has 7 nitrogen and oxygen atoms in total. The Kier molecular flexibility index (Phi) is 13.9. The first kappa shape index (κ1) is 40.2. The molecule has 278 valence electrons. The van der Waals surface area contributed by atoms with Gasteiger partial charge in [-0.1, -0.05) is 109 Å². The highest BCUT2D eigenvalue weighted by molar-refractivity contribution is 7.99. The topological polar surface area (TPSA) is 137 Å². The molecule has 0 aliphatic heterocycles. The minimum absolute atomic E-state index is 0.0814. The summed E-state index contributed by atoms with van der Waals surface area (Å²) in [5, 5.41) is 40.3. The molecule has 0 amide bonds. The summed E-state index contributed by atoms with van der Waals surface area (Å²) in [6.07, 6.45) is 7.24. The van der Waals surface area contributed by atoms with E-state index in [1.165, 1.54) is 5.56 Å². The largest absolute Gasteiger partial charge is 0.481 e. The molecule has 0 unspecified atom stereocenters. The fraction of sp³-hybridized carbons (Fsp3) is 0.318. The molecule has 0 radical (unpaired) electrons. The van der Waals surface area contributed by atoms with Crippen LogP contribution in [0, 0.1) is 5.41 Å². The number of fused-ring (bicyclic) bond motifs is 1. The standard InChI is InChI=1S/C35H36ClNO3S.C9H13NO2/c1-34(2,40)30-9-4-3-7-25(30)13-17-32(41-23-35(18-19-35)22-33(38)39)27-8-5-6-24(20-27)10-15-29-16-12-26-11-14-28(36)21-31(26)37-29;10-8(6-11)9(12)7-4-2-1-3-5-7/h3-12,14-16,20-21,32,40H,13,17-19,22-23H2,1-2H3,(H,38,39);1-5,8-9,11-12H,6,10H2/b15-10+;/t32-;8-,9-/m11/s1. The quantitative estimate of drug-likeness (QED) is 0.0715. The maximum atomic E-state index is 11.5. The van der Waals surface area contributed by atoms with Gasteiger partial charge in [-0.2, -0.15) is 11.8 Å². The number of carbonyl (C=O) groups is 1. The molecule has 1 aliphatic rings. The van der Waals surface area contributed by atoms with Crippen molar-refractivity contribution in [3.05, 3.63) is 148 Å². The molecule has 1 saturated carbocycles. The van der Waals surface area contributed by atoms with Crippen LogP contribution in [-0.2, 0) is 16.8 Å². The van der Waals surface area contributed by atoms with Crippen LogP contribution in [-0.4, -0.2) is 49.8 Å². The molecule has 4 aromatic carbocycles. The van der Waals surface area contributed by atoms with Crippen molar-refractivity contribution in [3.8, 4) is 0 Å². The first-order valence-electron chi connectivity index (χ1n) is 17.9. The van der Waals surface area contributed by atoms with Gasteiger partial charge in [-0.25, -0.2) is 4.98 Å². The number of benzene rings is 4. The van der Waals surface area contributed by atoms with E-state index in [2.05, 4.69) is 42.5 Å². The molecule has 3 atom stereocenters. The van der Waals surface area contributed by atoms with Crippen LogP contribution in [0.2, 0.25) is 5.02 Å². The van der Waals surface area contributed by atoms with Gasteiger partial charge in [0.25, 0.3) is 0 Å². The van der Waals surface area contributed by atoms with Crippen LogP contribution in [0.1, 0.15) is 84.4 Å². The van der Waals surface area contributed by atoms with E-state index in [9.17, 15) is 20.1 Å². The minimum Gasteiger partial charge on any atom is -0.481 e. The molecular formula is C44H49ClN2O5S. The summed E-state index contributed by atoms with van der Waals surface area (Å²) in [7, 11) is 0. The van der Waals surface area contributed by atoms with Crippen molar-refractivity contribution in [1.82, 2.24) is 4.98 Å². The number of halogens is 1. The fourth-order valence-electron chi connectivity index (χ4n) is 6.36. The number of carboxylic acid groups (broad SMARTS) is 1. The Hall–Kier alpha value is -4.02. The van der Waals surface area contributed by atoms with Crippen molar-refractivity contribution in [2.24, 2.45) is 11.1 Å². The molecule has 53 heavy (non-hydrogen) atoms. The Bertz CT molecular complexity index is 1990. The highest BCUT2D eigenvalue weighted by Gasteiger charge is 2.44. The van der Waals surface area contributed by atoms with Gasteiger partial charge in [-0.3, -0.25) is 4.79 Å². The lowest BCUT2D eigenvalue weighted by Gasteiger charge is -2.24. The molecule has 1 aliphatic carbocycles. The zero-order chi connectivity index (χ0) is 38.0. The second-order valence-electron chi connectivity index (χ2n) is 14.4. The number of nitrogens with zero attached hydrogens (tertiary/aromatic N) is 1. The molecular weight excluding hydrogens is 704 g/mol. The molecule has 6 rings (SSSR count). The number of nitrogens with two attached hydrogens (primary N) is 1. The predicted octanol–water partition coefficient (Wildman–Crippen LogP) is 8.99. The molecule has 1 heterocycles. The predicted molar refractivity (Wildman–Crippen MR) is 218 cm³/mol. The summed E-state index contributed by atoms with van der Waals surface area (Å²) in [5.74, 6) is 0.122. The average molecular weight is 753 g/mol. The third-order valence-corrected chi connectivity index (χ3v) is 11.5. The smallest absolute Gasteiger partial charge is 0.303 e. The van der Waals surface area contributed by atoms with Gasteiger partial charge in [0.2, 0.25) is 0 Å². The van der Waals surface area contributed by atoms with Gasteiger partial charge in [0.05, 0.1) is 42.0 Å². The van der Waals surface area contributed by atoms with Crippen molar-refractivity contribution in [2.45, 2.75) is 68.9 Å². The maximum Gasteiger partial charge on any atom is 0.303 e. The minimum atomic E-state index is -0.911. The van der Waals surface area contributed by atoms with Gasteiger partial charge in [-0.05, 0) is 97.0 Å². The van der Waals surface area contributed by atoms with Crippen LogP contribution >= 0.6 is 23.4 Å². The van der Waals surface area contributed by atoms with Crippen molar-refractivity contribution < 1.29 is 25.2 Å². The lowest BCUT2D eigenvalue weighted by molar-refractivity contribution is -0.138. The number of thioether (sulfide) groups is 1. The summed E-state index contributed by atoms with van der Waals surface area (Å²) in [5.41, 5.74) is 11.3. The van der Waals surface area contributed by atoms with Crippen LogP contribution in [0.15, 0.2) is 109 Å². The number of aryl methyl sites for hydroxylation is 1. The Morgan fingerprint density at radius 1 is 0.943 bits per heavy atom. The Labute approximate surface area is 321 Å². The average Bonchev–Trinajstić information content (AvgIpc) is 3.92. The summed E-state index contributed by atoms with van der Waals surface area (Å²) in [6, 6.07) is 34.9. The monoisotopic (exact) mass is 752 g/mol. The molecule has 0 saturated heterocycles. The zero-order valence-electron chi connectivity index (χ0n) is 30.2. The highest BCUT2D eigenvalue weighted by Crippen LogP contribution is 2.53. The van der Waals surface area contributed by atoms with Crippen molar-refractivity contribution in [3.63, 3.8) is 0 Å². The van der Waals surface area contributed by atoms with Gasteiger partial charge < -0.3 is 26.2 Å². The van der Waals surface area contributed by atoms with Crippen molar-refractivity contribution in [1.29, 1.82) is 0 Å². The summed E-state index contributed by atoms with van der Waals surface area (Å²) in [4.78, 5) is 16.2. The van der Waals surface area contributed by atoms with Gasteiger partial charge in [-0.15, -0.1) is 0 Å². The fourth-order valence-corrected chi connectivity index (χ4v) is 8.09. The number of aliphatic hydroxyl groups is 3. The first-order valence-corrected chi connectivity index (χ1v) is 19.4. The molecule has 1 fully saturated rings. The number of hydrogen-bond acceptors (Lipinski definition) is 7. The van der Waals surface area contributed by atoms with E-state index in [1.54, 1.807) is 12.1 Å².